The summed E-state index contributed by atoms with van der Waals surface area (Å²) in [6.45, 7) is 3.81. The van der Waals surface area contributed by atoms with Crippen LogP contribution in [0.25, 0.3) is 6.08 Å². The maximum atomic E-state index is 4.05. The van der Waals surface area contributed by atoms with E-state index in [0.29, 0.717) is 0 Å². The van der Waals surface area contributed by atoms with E-state index >= 15 is 0 Å². The summed E-state index contributed by atoms with van der Waals surface area (Å²) in [5.74, 6) is 1.60. The van der Waals surface area contributed by atoms with Crippen molar-refractivity contribution in [3.8, 4) is 0 Å². The van der Waals surface area contributed by atoms with Crippen molar-refractivity contribution in [3.63, 3.8) is 0 Å². The number of aromatic nitrogens is 3. The number of hydrogen-bond acceptors (Lipinski definition) is 2. The van der Waals surface area contributed by atoms with Crippen molar-refractivity contribution in [2.45, 2.75) is 13.8 Å². The average molecular weight is 123 g/mol. The van der Waals surface area contributed by atoms with Crippen molar-refractivity contribution < 1.29 is 0 Å². The van der Waals surface area contributed by atoms with E-state index in [9.17, 15) is 0 Å². The Bertz CT molecular complexity index is 212. The molecule has 1 heterocycles. The fourth-order valence-electron chi connectivity index (χ4n) is 0.584. The van der Waals surface area contributed by atoms with Crippen molar-refractivity contribution in [1.29, 1.82) is 0 Å². The Balaban J connectivity index is 2.85. The van der Waals surface area contributed by atoms with E-state index in [1.54, 1.807) is 0 Å². The van der Waals surface area contributed by atoms with Gasteiger partial charge >= 0.3 is 0 Å². The molecule has 0 aliphatic carbocycles. The molecule has 1 aromatic heterocycles. The number of hydrogen-bond donors (Lipinski definition) is 1. The molecule has 1 N–H and O–H groups in total. The Hall–Kier alpha value is -1.12. The highest BCUT2D eigenvalue weighted by molar-refractivity contribution is 5.37. The smallest absolute Gasteiger partial charge is 0.173 e. The van der Waals surface area contributed by atoms with Crippen LogP contribution in [-0.2, 0) is 0 Å². The fourth-order valence-corrected chi connectivity index (χ4v) is 0.584. The Kier molecular flexibility index (Phi) is 1.63. The lowest BCUT2D eigenvalue weighted by atomic mass is 10.5. The van der Waals surface area contributed by atoms with E-state index in [4.69, 9.17) is 0 Å². The van der Waals surface area contributed by atoms with Gasteiger partial charge in [-0.25, -0.2) is 4.98 Å². The predicted octanol–water partition coefficient (Wildman–Crippen LogP) is 1.15. The van der Waals surface area contributed by atoms with Gasteiger partial charge in [-0.15, -0.1) is 0 Å². The molecule has 0 saturated heterocycles. The largest absolute Gasteiger partial charge is 0.263 e. The van der Waals surface area contributed by atoms with Gasteiger partial charge in [0.1, 0.15) is 5.82 Å². The number of H-pyrrole nitrogens is 1. The third kappa shape index (κ3) is 1.38. The third-order valence-corrected chi connectivity index (χ3v) is 0.930. The first-order valence-electron chi connectivity index (χ1n) is 2.84. The van der Waals surface area contributed by atoms with Gasteiger partial charge in [0.05, 0.1) is 0 Å². The molecule has 0 aromatic carbocycles. The van der Waals surface area contributed by atoms with Gasteiger partial charge in [0, 0.05) is 0 Å². The highest BCUT2D eigenvalue weighted by Gasteiger charge is 1.90. The number of rotatable bonds is 1. The summed E-state index contributed by atoms with van der Waals surface area (Å²) in [5.41, 5.74) is 0. The Morgan fingerprint density at radius 1 is 1.56 bits per heavy atom. The summed E-state index contributed by atoms with van der Waals surface area (Å²) in [5, 5.41) is 6.62. The van der Waals surface area contributed by atoms with Gasteiger partial charge < -0.3 is 0 Å². The minimum absolute atomic E-state index is 0.745. The molecular weight excluding hydrogens is 114 g/mol. The fraction of sp³-hybridized carbons (Fsp3) is 0.333. The third-order valence-electron chi connectivity index (χ3n) is 0.930. The highest BCUT2D eigenvalue weighted by atomic mass is 15.2. The maximum absolute atomic E-state index is 4.05. The number of aromatic amines is 1. The van der Waals surface area contributed by atoms with Crippen molar-refractivity contribution in [1.82, 2.24) is 15.2 Å². The lowest BCUT2D eigenvalue weighted by molar-refractivity contribution is 1.03. The van der Waals surface area contributed by atoms with Crippen LogP contribution in [0.4, 0.5) is 0 Å². The summed E-state index contributed by atoms with van der Waals surface area (Å²) in [7, 11) is 0. The molecule has 3 nitrogen and oxygen atoms in total. The second-order valence-electron chi connectivity index (χ2n) is 1.78. The molecule has 9 heavy (non-hydrogen) atoms. The molecule has 0 amide bonds. The first-order valence-corrected chi connectivity index (χ1v) is 2.84. The molecule has 0 atom stereocenters. The maximum Gasteiger partial charge on any atom is 0.173 e. The van der Waals surface area contributed by atoms with Crippen LogP contribution in [0.15, 0.2) is 6.08 Å². The molecule has 0 aliphatic heterocycles. The molecule has 1 rings (SSSR count). The summed E-state index contributed by atoms with van der Waals surface area (Å²) < 4.78 is 0. The molecule has 0 saturated carbocycles. The minimum Gasteiger partial charge on any atom is -0.263 e. The zero-order chi connectivity index (χ0) is 6.69. The van der Waals surface area contributed by atoms with Crippen molar-refractivity contribution in [2.75, 3.05) is 0 Å². The van der Waals surface area contributed by atoms with Gasteiger partial charge in [-0.3, -0.25) is 5.10 Å². The second kappa shape index (κ2) is 2.44. The monoisotopic (exact) mass is 123 g/mol. The van der Waals surface area contributed by atoms with Crippen LogP contribution in [0.3, 0.4) is 0 Å². The number of aryl methyl sites for hydroxylation is 1. The van der Waals surface area contributed by atoms with Gasteiger partial charge in [-0.2, -0.15) is 5.10 Å². The Morgan fingerprint density at radius 3 is 2.78 bits per heavy atom. The van der Waals surface area contributed by atoms with E-state index in [1.165, 1.54) is 0 Å². The van der Waals surface area contributed by atoms with Gasteiger partial charge in [-0.05, 0) is 19.9 Å². The molecule has 48 valence electrons. The first-order chi connectivity index (χ1) is 4.33. The molecule has 0 unspecified atom stereocenters. The first kappa shape index (κ1) is 6.01. The van der Waals surface area contributed by atoms with Crippen LogP contribution >= 0.6 is 0 Å². The van der Waals surface area contributed by atoms with Crippen molar-refractivity contribution >= 4 is 6.08 Å². The highest BCUT2D eigenvalue weighted by Crippen LogP contribution is 1.91. The summed E-state index contributed by atoms with van der Waals surface area (Å²) in [6.07, 6.45) is 3.76. The second-order valence-corrected chi connectivity index (χ2v) is 1.78. The normalized spacial score (nSPS) is 10.9. The van der Waals surface area contributed by atoms with Crippen molar-refractivity contribution in [2.24, 2.45) is 0 Å². The number of nitrogens with zero attached hydrogens (tertiary/aromatic N) is 2. The van der Waals surface area contributed by atoms with Crippen LogP contribution in [0.1, 0.15) is 18.6 Å². The molecular formula is C6H9N3. The van der Waals surface area contributed by atoms with Crippen LogP contribution < -0.4 is 0 Å². The Labute approximate surface area is 53.8 Å². The molecule has 0 fully saturated rings. The quantitative estimate of drug-likeness (QED) is 0.608. The standard InChI is InChI=1S/C6H9N3/c1-3-4-6-7-5(2)8-9-6/h3-4H,1-2H3,(H,7,8,9)/b4-3+. The van der Waals surface area contributed by atoms with Gasteiger partial charge in [-0.1, -0.05) is 6.08 Å². The van der Waals surface area contributed by atoms with E-state index in [0.717, 1.165) is 11.6 Å². The molecule has 0 spiro atoms. The molecule has 1 aromatic rings. The number of allylic oxidation sites excluding steroid dienone is 1. The van der Waals surface area contributed by atoms with Gasteiger partial charge in [0.25, 0.3) is 0 Å². The molecule has 0 radical (unpaired) electrons. The van der Waals surface area contributed by atoms with E-state index in [1.807, 2.05) is 26.0 Å². The summed E-state index contributed by atoms with van der Waals surface area (Å²) in [6, 6.07) is 0. The zero-order valence-electron chi connectivity index (χ0n) is 5.55. The lowest BCUT2D eigenvalue weighted by Crippen LogP contribution is -1.72. The van der Waals surface area contributed by atoms with Crippen LogP contribution in [-0.4, -0.2) is 15.2 Å². The molecule has 0 aliphatic rings. The van der Waals surface area contributed by atoms with Crippen LogP contribution in [0.5, 0.6) is 0 Å². The average Bonchev–Trinajstić information content (AvgIpc) is 2.17. The van der Waals surface area contributed by atoms with Crippen LogP contribution in [0, 0.1) is 6.92 Å². The number of nitrogens with one attached hydrogen (secondary N) is 1. The van der Waals surface area contributed by atoms with Crippen molar-refractivity contribution in [3.05, 3.63) is 17.7 Å². The van der Waals surface area contributed by atoms with E-state index in [-0.39, 0.29) is 0 Å². The summed E-state index contributed by atoms with van der Waals surface area (Å²) in [4.78, 5) is 4.05. The van der Waals surface area contributed by atoms with Gasteiger partial charge in [0.2, 0.25) is 0 Å². The van der Waals surface area contributed by atoms with Gasteiger partial charge in [0.15, 0.2) is 5.82 Å². The van der Waals surface area contributed by atoms with Crippen LogP contribution in [0.2, 0.25) is 0 Å². The predicted molar refractivity (Wildman–Crippen MR) is 35.8 cm³/mol. The molecule has 0 bridgehead atoms. The topological polar surface area (TPSA) is 41.6 Å². The lowest BCUT2D eigenvalue weighted by Gasteiger charge is -1.73. The minimum atomic E-state index is 0.745. The van der Waals surface area contributed by atoms with E-state index in [2.05, 4.69) is 15.2 Å². The SMILES string of the molecule is C/C=C/c1n[nH]c(C)n1. The van der Waals surface area contributed by atoms with E-state index < -0.39 is 0 Å². The molecule has 3 heteroatoms. The summed E-state index contributed by atoms with van der Waals surface area (Å²) >= 11 is 0. The Morgan fingerprint density at radius 2 is 2.33 bits per heavy atom. The zero-order valence-corrected chi connectivity index (χ0v) is 5.55.